The number of nitrogens with one attached hydrogen (secondary N) is 1. The number of carbonyl (C=O) groups is 1. The number of anilines is 1. The fourth-order valence-electron chi connectivity index (χ4n) is 4.00. The summed E-state index contributed by atoms with van der Waals surface area (Å²) >= 11 is 0. The van der Waals surface area contributed by atoms with Gasteiger partial charge in [0.15, 0.2) is 0 Å². The molecule has 2 aliphatic heterocycles. The van der Waals surface area contributed by atoms with Crippen LogP contribution in [0.2, 0.25) is 0 Å². The Balaban J connectivity index is 1.19. The molecule has 1 saturated heterocycles. The standard InChI is InChI=1S/C23H29N3O2/c27-23(20-6-8-22(9-7-20)26-14-16-28-17-15-26)24-11-3-12-25-13-10-19-4-1-2-5-21(19)18-25/h1-2,4-9H,3,10-18H2,(H,24,27). The summed E-state index contributed by atoms with van der Waals surface area (Å²) in [4.78, 5) is 17.2. The average Bonchev–Trinajstić information content (AvgIpc) is 2.77. The monoisotopic (exact) mass is 379 g/mol. The number of nitrogens with zero attached hydrogens (tertiary/aromatic N) is 2. The quantitative estimate of drug-likeness (QED) is 0.784. The molecule has 0 aliphatic carbocycles. The molecule has 2 heterocycles. The first-order valence-corrected chi connectivity index (χ1v) is 10.3. The van der Waals surface area contributed by atoms with Gasteiger partial charge in [-0.05, 0) is 48.2 Å². The summed E-state index contributed by atoms with van der Waals surface area (Å²) < 4.78 is 5.39. The molecule has 5 heteroatoms. The molecular weight excluding hydrogens is 350 g/mol. The van der Waals surface area contributed by atoms with Crippen molar-refractivity contribution in [3.05, 3.63) is 65.2 Å². The molecule has 0 atom stereocenters. The Bertz CT molecular complexity index is 785. The predicted molar refractivity (Wildman–Crippen MR) is 112 cm³/mol. The van der Waals surface area contributed by atoms with E-state index in [-0.39, 0.29) is 5.91 Å². The maximum absolute atomic E-state index is 12.4. The minimum absolute atomic E-state index is 0.0116. The maximum Gasteiger partial charge on any atom is 0.251 e. The zero-order valence-electron chi connectivity index (χ0n) is 16.4. The first-order chi connectivity index (χ1) is 13.8. The van der Waals surface area contributed by atoms with Crippen LogP contribution in [0.25, 0.3) is 0 Å². The molecule has 1 fully saturated rings. The van der Waals surface area contributed by atoms with Gasteiger partial charge in [0.25, 0.3) is 5.91 Å². The smallest absolute Gasteiger partial charge is 0.251 e. The molecule has 0 unspecified atom stereocenters. The number of rotatable bonds is 6. The van der Waals surface area contributed by atoms with Gasteiger partial charge in [-0.25, -0.2) is 0 Å². The largest absolute Gasteiger partial charge is 0.378 e. The number of benzene rings is 2. The molecule has 0 bridgehead atoms. The van der Waals surface area contributed by atoms with Gasteiger partial charge in [-0.2, -0.15) is 0 Å². The number of ether oxygens (including phenoxy) is 1. The lowest BCUT2D eigenvalue weighted by atomic mass is 10.00. The fraction of sp³-hybridized carbons (Fsp3) is 0.435. The zero-order valence-corrected chi connectivity index (χ0v) is 16.4. The number of amides is 1. The van der Waals surface area contributed by atoms with Gasteiger partial charge in [-0.15, -0.1) is 0 Å². The van der Waals surface area contributed by atoms with Crippen LogP contribution in [0.3, 0.4) is 0 Å². The van der Waals surface area contributed by atoms with E-state index in [1.165, 1.54) is 11.1 Å². The highest BCUT2D eigenvalue weighted by molar-refractivity contribution is 5.94. The van der Waals surface area contributed by atoms with Crippen LogP contribution in [-0.2, 0) is 17.7 Å². The summed E-state index contributed by atoms with van der Waals surface area (Å²) in [5.74, 6) is 0.0116. The zero-order chi connectivity index (χ0) is 19.2. The van der Waals surface area contributed by atoms with Crippen LogP contribution in [-0.4, -0.2) is 56.7 Å². The minimum atomic E-state index is 0.0116. The summed E-state index contributed by atoms with van der Waals surface area (Å²) in [7, 11) is 0. The Morgan fingerprint density at radius 1 is 0.964 bits per heavy atom. The molecule has 1 amide bonds. The highest BCUT2D eigenvalue weighted by atomic mass is 16.5. The number of morpholine rings is 1. The Morgan fingerprint density at radius 2 is 1.71 bits per heavy atom. The second-order valence-electron chi connectivity index (χ2n) is 7.55. The third kappa shape index (κ3) is 4.72. The molecule has 2 aromatic carbocycles. The minimum Gasteiger partial charge on any atom is -0.378 e. The predicted octanol–water partition coefficient (Wildman–Crippen LogP) is 2.70. The van der Waals surface area contributed by atoms with E-state index < -0.39 is 0 Å². The Morgan fingerprint density at radius 3 is 2.50 bits per heavy atom. The van der Waals surface area contributed by atoms with Crippen molar-refractivity contribution in [2.24, 2.45) is 0 Å². The topological polar surface area (TPSA) is 44.8 Å². The van der Waals surface area contributed by atoms with Crippen molar-refractivity contribution in [1.29, 1.82) is 0 Å². The molecule has 5 nitrogen and oxygen atoms in total. The van der Waals surface area contributed by atoms with Gasteiger partial charge < -0.3 is 15.0 Å². The van der Waals surface area contributed by atoms with Crippen molar-refractivity contribution in [2.75, 3.05) is 50.8 Å². The van der Waals surface area contributed by atoms with Crippen LogP contribution in [0.5, 0.6) is 0 Å². The van der Waals surface area contributed by atoms with Gasteiger partial charge in [-0.3, -0.25) is 9.69 Å². The van der Waals surface area contributed by atoms with Crippen molar-refractivity contribution >= 4 is 11.6 Å². The molecule has 2 aromatic rings. The molecular formula is C23H29N3O2. The van der Waals surface area contributed by atoms with Gasteiger partial charge in [0.1, 0.15) is 0 Å². The summed E-state index contributed by atoms with van der Waals surface area (Å²) in [5.41, 5.74) is 4.81. The molecule has 1 N–H and O–H groups in total. The number of hydrogen-bond acceptors (Lipinski definition) is 4. The normalized spacial score (nSPS) is 17.2. The van der Waals surface area contributed by atoms with Gasteiger partial charge in [0, 0.05) is 50.5 Å². The average molecular weight is 380 g/mol. The number of hydrogen-bond donors (Lipinski definition) is 1. The van der Waals surface area contributed by atoms with E-state index in [2.05, 4.69) is 39.4 Å². The summed E-state index contributed by atoms with van der Waals surface area (Å²) in [5, 5.41) is 3.06. The molecule has 28 heavy (non-hydrogen) atoms. The molecule has 0 spiro atoms. The van der Waals surface area contributed by atoms with E-state index in [1.54, 1.807) is 0 Å². The third-order valence-electron chi connectivity index (χ3n) is 5.65. The maximum atomic E-state index is 12.4. The Kier molecular flexibility index (Phi) is 6.24. The van der Waals surface area contributed by atoms with Gasteiger partial charge in [0.2, 0.25) is 0 Å². The summed E-state index contributed by atoms with van der Waals surface area (Å²) in [6.45, 7) is 7.21. The van der Waals surface area contributed by atoms with Crippen molar-refractivity contribution in [3.63, 3.8) is 0 Å². The summed E-state index contributed by atoms with van der Waals surface area (Å²) in [6.07, 6.45) is 2.10. The third-order valence-corrected chi connectivity index (χ3v) is 5.65. The van der Waals surface area contributed by atoms with E-state index in [9.17, 15) is 4.79 Å². The van der Waals surface area contributed by atoms with E-state index in [0.717, 1.165) is 70.0 Å². The Labute approximate surface area is 167 Å². The SMILES string of the molecule is O=C(NCCCN1CCc2ccccc2C1)c1ccc(N2CCOCC2)cc1. The van der Waals surface area contributed by atoms with Gasteiger partial charge in [0.05, 0.1) is 13.2 Å². The molecule has 0 radical (unpaired) electrons. The van der Waals surface area contributed by atoms with Crippen LogP contribution >= 0.6 is 0 Å². The fourth-order valence-corrected chi connectivity index (χ4v) is 4.00. The van der Waals surface area contributed by atoms with Crippen molar-refractivity contribution in [2.45, 2.75) is 19.4 Å². The Hall–Kier alpha value is -2.37. The second kappa shape index (κ2) is 9.22. The van der Waals surface area contributed by atoms with Gasteiger partial charge in [-0.1, -0.05) is 24.3 Å². The van der Waals surface area contributed by atoms with Crippen LogP contribution in [0, 0.1) is 0 Å². The van der Waals surface area contributed by atoms with Crippen LogP contribution in [0.1, 0.15) is 27.9 Å². The lowest BCUT2D eigenvalue weighted by molar-refractivity contribution is 0.0951. The van der Waals surface area contributed by atoms with Gasteiger partial charge >= 0.3 is 0 Å². The van der Waals surface area contributed by atoms with Crippen molar-refractivity contribution in [1.82, 2.24) is 10.2 Å². The lowest BCUT2D eigenvalue weighted by Crippen LogP contribution is -2.36. The van der Waals surface area contributed by atoms with Crippen LogP contribution < -0.4 is 10.2 Å². The van der Waals surface area contributed by atoms with Crippen molar-refractivity contribution in [3.8, 4) is 0 Å². The number of carbonyl (C=O) groups excluding carboxylic acids is 1. The van der Waals surface area contributed by atoms with Crippen LogP contribution in [0.15, 0.2) is 48.5 Å². The van der Waals surface area contributed by atoms with E-state index in [4.69, 9.17) is 4.74 Å². The molecule has 2 aliphatic rings. The molecule has 0 aromatic heterocycles. The van der Waals surface area contributed by atoms with Crippen LogP contribution in [0.4, 0.5) is 5.69 Å². The van der Waals surface area contributed by atoms with Crippen molar-refractivity contribution < 1.29 is 9.53 Å². The highest BCUT2D eigenvalue weighted by Crippen LogP contribution is 2.19. The molecule has 148 valence electrons. The first-order valence-electron chi connectivity index (χ1n) is 10.3. The number of fused-ring (bicyclic) bond motifs is 1. The van der Waals surface area contributed by atoms with E-state index >= 15 is 0 Å². The highest BCUT2D eigenvalue weighted by Gasteiger charge is 2.15. The van der Waals surface area contributed by atoms with E-state index in [0.29, 0.717) is 6.54 Å². The molecule has 0 saturated carbocycles. The second-order valence-corrected chi connectivity index (χ2v) is 7.55. The lowest BCUT2D eigenvalue weighted by Gasteiger charge is -2.29. The first kappa shape index (κ1) is 19.0. The summed E-state index contributed by atoms with van der Waals surface area (Å²) in [6, 6.07) is 16.6. The van der Waals surface area contributed by atoms with E-state index in [1.807, 2.05) is 24.3 Å². The molecule has 4 rings (SSSR count).